The van der Waals surface area contributed by atoms with Gasteiger partial charge in [-0.2, -0.15) is 5.26 Å². The van der Waals surface area contributed by atoms with Crippen LogP contribution in [0.4, 0.5) is 0 Å². The molecule has 0 saturated heterocycles. The molecule has 0 heterocycles. The Morgan fingerprint density at radius 1 is 0.941 bits per heavy atom. The molecule has 17 heavy (non-hydrogen) atoms. The van der Waals surface area contributed by atoms with Crippen LogP contribution < -0.4 is 0 Å². The monoisotopic (exact) mass is 223 g/mol. The zero-order valence-corrected chi connectivity index (χ0v) is 9.59. The molecule has 0 aliphatic heterocycles. The average molecular weight is 223 g/mol. The van der Waals surface area contributed by atoms with Crippen LogP contribution in [-0.2, 0) is 0 Å². The van der Waals surface area contributed by atoms with Crippen molar-refractivity contribution in [3.63, 3.8) is 0 Å². The molecule has 2 heteroatoms. The lowest BCUT2D eigenvalue weighted by molar-refractivity contribution is 0.475. The minimum absolute atomic E-state index is 0.253. The van der Waals surface area contributed by atoms with E-state index in [2.05, 4.69) is 13.0 Å². The second kappa shape index (κ2) is 4.71. The Labute approximate surface area is 101 Å². The molecule has 2 nitrogen and oxygen atoms in total. The van der Waals surface area contributed by atoms with Crippen LogP contribution in [0.2, 0.25) is 0 Å². The second-order valence-corrected chi connectivity index (χ2v) is 4.05. The molecule has 2 rings (SSSR count). The standard InChI is InChI=1S/C15H13NO/c1-11(14-6-8-15(17)9-7-14)13-4-2-12(10-16)3-5-13/h2-9,11,17H,1H3. The summed E-state index contributed by atoms with van der Waals surface area (Å²) in [5, 5.41) is 18.0. The Kier molecular flexibility index (Phi) is 3.11. The highest BCUT2D eigenvalue weighted by atomic mass is 16.3. The van der Waals surface area contributed by atoms with Gasteiger partial charge in [0.25, 0.3) is 0 Å². The molecule has 1 unspecified atom stereocenters. The molecule has 0 aliphatic rings. The number of nitriles is 1. The number of nitrogens with zero attached hydrogens (tertiary/aromatic N) is 1. The lowest BCUT2D eigenvalue weighted by Gasteiger charge is -2.12. The molecule has 0 saturated carbocycles. The molecule has 84 valence electrons. The fourth-order valence-electron chi connectivity index (χ4n) is 1.80. The van der Waals surface area contributed by atoms with Crippen molar-refractivity contribution in [1.82, 2.24) is 0 Å². The van der Waals surface area contributed by atoms with E-state index in [1.165, 1.54) is 0 Å². The number of benzene rings is 2. The van der Waals surface area contributed by atoms with E-state index in [0.29, 0.717) is 5.56 Å². The van der Waals surface area contributed by atoms with Crippen LogP contribution in [0.1, 0.15) is 29.5 Å². The normalized spacial score (nSPS) is 11.8. The van der Waals surface area contributed by atoms with Gasteiger partial charge in [-0.05, 0) is 35.4 Å². The van der Waals surface area contributed by atoms with E-state index in [4.69, 9.17) is 5.26 Å². The van der Waals surface area contributed by atoms with Gasteiger partial charge in [0.15, 0.2) is 0 Å². The zero-order chi connectivity index (χ0) is 12.3. The predicted molar refractivity (Wildman–Crippen MR) is 66.8 cm³/mol. The highest BCUT2D eigenvalue weighted by molar-refractivity contribution is 5.38. The van der Waals surface area contributed by atoms with Gasteiger partial charge in [-0.15, -0.1) is 0 Å². The SMILES string of the molecule is CC(c1ccc(O)cc1)c1ccc(C#N)cc1. The van der Waals surface area contributed by atoms with Gasteiger partial charge in [-0.1, -0.05) is 31.2 Å². The summed E-state index contributed by atoms with van der Waals surface area (Å²) in [5.41, 5.74) is 2.98. The number of rotatable bonds is 2. The first-order valence-corrected chi connectivity index (χ1v) is 5.49. The van der Waals surface area contributed by atoms with Gasteiger partial charge in [0.1, 0.15) is 5.75 Å². The minimum atomic E-state index is 0.253. The highest BCUT2D eigenvalue weighted by Gasteiger charge is 2.08. The van der Waals surface area contributed by atoms with Gasteiger partial charge in [-0.25, -0.2) is 0 Å². The van der Waals surface area contributed by atoms with Crippen molar-refractivity contribution in [2.45, 2.75) is 12.8 Å². The Bertz CT molecular complexity index is 535. The minimum Gasteiger partial charge on any atom is -0.508 e. The quantitative estimate of drug-likeness (QED) is 0.847. The number of hydrogen-bond donors (Lipinski definition) is 1. The van der Waals surface area contributed by atoms with Gasteiger partial charge >= 0.3 is 0 Å². The predicted octanol–water partition coefficient (Wildman–Crippen LogP) is 3.42. The summed E-state index contributed by atoms with van der Waals surface area (Å²) in [7, 11) is 0. The van der Waals surface area contributed by atoms with Crippen molar-refractivity contribution < 1.29 is 5.11 Å². The van der Waals surface area contributed by atoms with Crippen molar-refractivity contribution in [1.29, 1.82) is 5.26 Å². The zero-order valence-electron chi connectivity index (χ0n) is 9.59. The van der Waals surface area contributed by atoms with Crippen LogP contribution in [0, 0.1) is 11.3 Å². The largest absolute Gasteiger partial charge is 0.508 e. The summed E-state index contributed by atoms with van der Waals surface area (Å²) < 4.78 is 0. The first kappa shape index (κ1) is 11.2. The Hall–Kier alpha value is -2.27. The smallest absolute Gasteiger partial charge is 0.115 e. The lowest BCUT2D eigenvalue weighted by Crippen LogP contribution is -1.95. The highest BCUT2D eigenvalue weighted by Crippen LogP contribution is 2.25. The van der Waals surface area contributed by atoms with Crippen molar-refractivity contribution >= 4 is 0 Å². The Morgan fingerprint density at radius 2 is 1.41 bits per heavy atom. The number of hydrogen-bond acceptors (Lipinski definition) is 2. The van der Waals surface area contributed by atoms with Crippen molar-refractivity contribution in [2.24, 2.45) is 0 Å². The molecule has 0 fully saturated rings. The maximum atomic E-state index is 9.24. The molecular weight excluding hydrogens is 210 g/mol. The fraction of sp³-hybridized carbons (Fsp3) is 0.133. The molecule has 0 amide bonds. The second-order valence-electron chi connectivity index (χ2n) is 4.05. The van der Waals surface area contributed by atoms with Crippen LogP contribution in [0.25, 0.3) is 0 Å². The molecule has 0 radical (unpaired) electrons. The van der Waals surface area contributed by atoms with E-state index in [9.17, 15) is 5.11 Å². The van der Waals surface area contributed by atoms with Crippen molar-refractivity contribution in [3.8, 4) is 11.8 Å². The van der Waals surface area contributed by atoms with E-state index < -0.39 is 0 Å². The fourth-order valence-corrected chi connectivity index (χ4v) is 1.80. The maximum Gasteiger partial charge on any atom is 0.115 e. The maximum absolute atomic E-state index is 9.24. The van der Waals surface area contributed by atoms with E-state index in [-0.39, 0.29) is 11.7 Å². The van der Waals surface area contributed by atoms with E-state index in [0.717, 1.165) is 11.1 Å². The molecule has 1 N–H and O–H groups in total. The van der Waals surface area contributed by atoms with Gasteiger partial charge in [0.2, 0.25) is 0 Å². The van der Waals surface area contributed by atoms with Crippen LogP contribution >= 0.6 is 0 Å². The molecule has 0 aliphatic carbocycles. The van der Waals surface area contributed by atoms with Crippen LogP contribution in [0.5, 0.6) is 5.75 Å². The van der Waals surface area contributed by atoms with E-state index in [1.807, 2.05) is 36.4 Å². The third kappa shape index (κ3) is 2.46. The third-order valence-corrected chi connectivity index (χ3v) is 2.93. The summed E-state index contributed by atoms with van der Waals surface area (Å²) in [6.07, 6.45) is 0. The summed E-state index contributed by atoms with van der Waals surface area (Å²) in [6.45, 7) is 2.10. The molecule has 1 atom stereocenters. The molecular formula is C15H13NO. The summed E-state index contributed by atoms with van der Waals surface area (Å²) >= 11 is 0. The number of aromatic hydroxyl groups is 1. The third-order valence-electron chi connectivity index (χ3n) is 2.93. The molecule has 2 aromatic carbocycles. The number of phenols is 1. The van der Waals surface area contributed by atoms with Gasteiger partial charge in [-0.3, -0.25) is 0 Å². The molecule has 0 bridgehead atoms. The van der Waals surface area contributed by atoms with Gasteiger partial charge < -0.3 is 5.11 Å². The Morgan fingerprint density at radius 3 is 1.88 bits per heavy atom. The first-order valence-electron chi connectivity index (χ1n) is 5.49. The van der Waals surface area contributed by atoms with E-state index in [1.54, 1.807) is 12.1 Å². The average Bonchev–Trinajstić information content (AvgIpc) is 2.39. The topological polar surface area (TPSA) is 44.0 Å². The first-order chi connectivity index (χ1) is 8.20. The van der Waals surface area contributed by atoms with E-state index >= 15 is 0 Å². The number of phenolic OH excluding ortho intramolecular Hbond substituents is 1. The van der Waals surface area contributed by atoms with Crippen molar-refractivity contribution in [3.05, 3.63) is 65.2 Å². The summed E-state index contributed by atoms with van der Waals surface area (Å²) in [5.74, 6) is 0.532. The Balaban J connectivity index is 2.27. The van der Waals surface area contributed by atoms with Gasteiger partial charge in [0, 0.05) is 5.92 Å². The summed E-state index contributed by atoms with van der Waals surface area (Å²) in [6, 6.07) is 16.9. The lowest BCUT2D eigenvalue weighted by atomic mass is 9.92. The van der Waals surface area contributed by atoms with Crippen molar-refractivity contribution in [2.75, 3.05) is 0 Å². The van der Waals surface area contributed by atoms with Crippen LogP contribution in [-0.4, -0.2) is 5.11 Å². The molecule has 2 aromatic rings. The van der Waals surface area contributed by atoms with Crippen LogP contribution in [0.3, 0.4) is 0 Å². The summed E-state index contributed by atoms with van der Waals surface area (Å²) in [4.78, 5) is 0. The van der Waals surface area contributed by atoms with Crippen LogP contribution in [0.15, 0.2) is 48.5 Å². The molecule has 0 aromatic heterocycles. The molecule has 0 spiro atoms. The van der Waals surface area contributed by atoms with Gasteiger partial charge in [0.05, 0.1) is 11.6 Å².